The second-order valence-electron chi connectivity index (χ2n) is 5.34. The second-order valence-corrected chi connectivity index (χ2v) is 5.34. The first-order valence-corrected chi connectivity index (χ1v) is 6.96. The number of aromatic hydroxyl groups is 2. The topological polar surface area (TPSA) is 77.8 Å². The predicted octanol–water partition coefficient (Wildman–Crippen LogP) is 3.99. The summed E-state index contributed by atoms with van der Waals surface area (Å²) in [5, 5.41) is 29.0. The average Bonchev–Trinajstić information content (AvgIpc) is 2.44. The number of benzene rings is 2. The molecule has 0 aliphatic carbocycles. The van der Waals surface area contributed by atoms with Crippen molar-refractivity contribution >= 4 is 12.0 Å². The molecule has 2 rings (SSSR count). The van der Waals surface area contributed by atoms with E-state index in [1.54, 1.807) is 24.3 Å². The van der Waals surface area contributed by atoms with Crippen LogP contribution in [-0.4, -0.2) is 21.3 Å². The summed E-state index contributed by atoms with van der Waals surface area (Å²) in [6, 6.07) is 10.4. The molecule has 0 aromatic heterocycles. The molecule has 4 heteroatoms. The van der Waals surface area contributed by atoms with E-state index < -0.39 is 5.97 Å². The zero-order valence-electron chi connectivity index (χ0n) is 12.4. The van der Waals surface area contributed by atoms with E-state index in [9.17, 15) is 15.0 Å². The summed E-state index contributed by atoms with van der Waals surface area (Å²) in [7, 11) is 0. The van der Waals surface area contributed by atoms with E-state index in [4.69, 9.17) is 5.11 Å². The van der Waals surface area contributed by atoms with Crippen LogP contribution >= 0.6 is 0 Å². The highest BCUT2D eigenvalue weighted by Crippen LogP contribution is 2.39. The predicted molar refractivity (Wildman–Crippen MR) is 86.0 cm³/mol. The smallest absolute Gasteiger partial charge is 0.328 e. The molecule has 0 spiro atoms. The summed E-state index contributed by atoms with van der Waals surface area (Å²) in [4.78, 5) is 10.7. The average molecular weight is 298 g/mol. The van der Waals surface area contributed by atoms with Crippen LogP contribution in [-0.2, 0) is 4.79 Å². The number of carbonyl (C=O) groups is 1. The summed E-state index contributed by atoms with van der Waals surface area (Å²) in [5.41, 5.74) is 2.56. The van der Waals surface area contributed by atoms with Gasteiger partial charge < -0.3 is 15.3 Å². The number of phenolic OH excluding ortho intramolecular Hbond substituents is 2. The molecule has 3 N–H and O–H groups in total. The Morgan fingerprint density at radius 3 is 2.23 bits per heavy atom. The summed E-state index contributed by atoms with van der Waals surface area (Å²) >= 11 is 0. The van der Waals surface area contributed by atoms with Crippen molar-refractivity contribution in [2.45, 2.75) is 19.8 Å². The molecule has 114 valence electrons. The molecular weight excluding hydrogens is 280 g/mol. The maximum atomic E-state index is 10.7. The monoisotopic (exact) mass is 298 g/mol. The SMILES string of the molecule is CC(C)c1c(O)cc(-c2ccccc2/C=C/C(=O)O)cc1O. The third-order valence-corrected chi connectivity index (χ3v) is 3.39. The molecule has 0 heterocycles. The Balaban J connectivity index is 2.56. The van der Waals surface area contributed by atoms with Gasteiger partial charge in [0.25, 0.3) is 0 Å². The van der Waals surface area contributed by atoms with Crippen molar-refractivity contribution in [2.75, 3.05) is 0 Å². The number of hydrogen-bond donors (Lipinski definition) is 3. The van der Waals surface area contributed by atoms with E-state index in [0.29, 0.717) is 16.7 Å². The van der Waals surface area contributed by atoms with Gasteiger partial charge >= 0.3 is 5.97 Å². The number of carboxylic acids is 1. The van der Waals surface area contributed by atoms with Gasteiger partial charge in [-0.3, -0.25) is 0 Å². The lowest BCUT2D eigenvalue weighted by Gasteiger charge is -2.14. The highest BCUT2D eigenvalue weighted by molar-refractivity contribution is 5.88. The lowest BCUT2D eigenvalue weighted by Crippen LogP contribution is -1.92. The van der Waals surface area contributed by atoms with Crippen LogP contribution in [0.15, 0.2) is 42.5 Å². The molecule has 0 aliphatic rings. The van der Waals surface area contributed by atoms with Gasteiger partial charge in [0.2, 0.25) is 0 Å². The fourth-order valence-corrected chi connectivity index (χ4v) is 2.44. The van der Waals surface area contributed by atoms with Crippen LogP contribution in [0.2, 0.25) is 0 Å². The molecule has 2 aromatic rings. The van der Waals surface area contributed by atoms with Gasteiger partial charge in [-0.15, -0.1) is 0 Å². The van der Waals surface area contributed by atoms with Crippen LogP contribution in [0.4, 0.5) is 0 Å². The molecular formula is C18H18O4. The van der Waals surface area contributed by atoms with E-state index in [1.165, 1.54) is 6.08 Å². The van der Waals surface area contributed by atoms with Crippen molar-refractivity contribution in [3.63, 3.8) is 0 Å². The molecule has 0 aliphatic heterocycles. The van der Waals surface area contributed by atoms with Gasteiger partial charge in [-0.05, 0) is 40.8 Å². The van der Waals surface area contributed by atoms with E-state index in [1.807, 2.05) is 26.0 Å². The number of carboxylic acid groups (broad SMARTS) is 1. The van der Waals surface area contributed by atoms with Crippen molar-refractivity contribution in [1.82, 2.24) is 0 Å². The van der Waals surface area contributed by atoms with Gasteiger partial charge in [-0.1, -0.05) is 38.1 Å². The van der Waals surface area contributed by atoms with E-state index >= 15 is 0 Å². The zero-order chi connectivity index (χ0) is 16.3. The molecule has 0 radical (unpaired) electrons. The Morgan fingerprint density at radius 1 is 1.09 bits per heavy atom. The van der Waals surface area contributed by atoms with Crippen molar-refractivity contribution < 1.29 is 20.1 Å². The largest absolute Gasteiger partial charge is 0.507 e. The molecule has 0 saturated carbocycles. The summed E-state index contributed by atoms with van der Waals surface area (Å²) in [5.74, 6) is -0.976. The molecule has 0 amide bonds. The van der Waals surface area contributed by atoms with E-state index in [-0.39, 0.29) is 17.4 Å². The van der Waals surface area contributed by atoms with E-state index in [0.717, 1.165) is 11.6 Å². The first-order valence-electron chi connectivity index (χ1n) is 6.96. The Labute approximate surface area is 129 Å². The van der Waals surface area contributed by atoms with Gasteiger partial charge in [0.1, 0.15) is 11.5 Å². The first-order chi connectivity index (χ1) is 10.4. The minimum absolute atomic E-state index is 0.00352. The Kier molecular flexibility index (Phi) is 4.51. The normalized spacial score (nSPS) is 11.2. The quantitative estimate of drug-likeness (QED) is 0.746. The van der Waals surface area contributed by atoms with Crippen LogP contribution in [0, 0.1) is 0 Å². The highest BCUT2D eigenvalue weighted by Gasteiger charge is 2.14. The van der Waals surface area contributed by atoms with Gasteiger partial charge in [0, 0.05) is 11.6 Å². The van der Waals surface area contributed by atoms with Crippen LogP contribution < -0.4 is 0 Å². The Morgan fingerprint density at radius 2 is 1.68 bits per heavy atom. The van der Waals surface area contributed by atoms with Crippen molar-refractivity contribution in [3.8, 4) is 22.6 Å². The molecule has 0 saturated heterocycles. The zero-order valence-corrected chi connectivity index (χ0v) is 12.4. The molecule has 0 atom stereocenters. The summed E-state index contributed by atoms with van der Waals surface area (Å²) in [6.07, 6.45) is 2.54. The maximum absolute atomic E-state index is 10.7. The molecule has 0 bridgehead atoms. The minimum Gasteiger partial charge on any atom is -0.507 e. The van der Waals surface area contributed by atoms with Crippen molar-refractivity contribution in [3.05, 3.63) is 53.6 Å². The lowest BCUT2D eigenvalue weighted by molar-refractivity contribution is -0.131. The number of aliphatic carboxylic acids is 1. The van der Waals surface area contributed by atoms with Crippen LogP contribution in [0.5, 0.6) is 11.5 Å². The standard InChI is InChI=1S/C18H18O4/c1-11(2)18-15(19)9-13(10-16(18)20)14-6-4-3-5-12(14)7-8-17(21)22/h3-11,19-20H,1-2H3,(H,21,22)/b8-7+. The van der Waals surface area contributed by atoms with Gasteiger partial charge in [0.15, 0.2) is 0 Å². The van der Waals surface area contributed by atoms with Crippen molar-refractivity contribution in [1.29, 1.82) is 0 Å². The lowest BCUT2D eigenvalue weighted by atomic mass is 9.94. The number of rotatable bonds is 4. The Hall–Kier alpha value is -2.75. The van der Waals surface area contributed by atoms with E-state index in [2.05, 4.69) is 0 Å². The second kappa shape index (κ2) is 6.35. The third-order valence-electron chi connectivity index (χ3n) is 3.39. The van der Waals surface area contributed by atoms with Crippen LogP contribution in [0.1, 0.15) is 30.9 Å². The van der Waals surface area contributed by atoms with Gasteiger partial charge in [0.05, 0.1) is 0 Å². The van der Waals surface area contributed by atoms with Crippen LogP contribution in [0.25, 0.3) is 17.2 Å². The summed E-state index contributed by atoms with van der Waals surface area (Å²) in [6.45, 7) is 3.77. The van der Waals surface area contributed by atoms with Crippen molar-refractivity contribution in [2.24, 2.45) is 0 Å². The highest BCUT2D eigenvalue weighted by atomic mass is 16.4. The van der Waals surface area contributed by atoms with Gasteiger partial charge in [-0.2, -0.15) is 0 Å². The minimum atomic E-state index is -1.03. The molecule has 22 heavy (non-hydrogen) atoms. The number of phenols is 2. The molecule has 2 aromatic carbocycles. The fourth-order valence-electron chi connectivity index (χ4n) is 2.44. The maximum Gasteiger partial charge on any atom is 0.328 e. The molecule has 0 fully saturated rings. The van der Waals surface area contributed by atoms with Crippen LogP contribution in [0.3, 0.4) is 0 Å². The molecule has 4 nitrogen and oxygen atoms in total. The first kappa shape index (κ1) is 15.6. The summed E-state index contributed by atoms with van der Waals surface area (Å²) < 4.78 is 0. The molecule has 0 unspecified atom stereocenters. The Bertz CT molecular complexity index is 707. The van der Waals surface area contributed by atoms with Gasteiger partial charge in [-0.25, -0.2) is 4.79 Å². The third kappa shape index (κ3) is 3.28. The number of hydrogen-bond acceptors (Lipinski definition) is 3. The fraction of sp³-hybridized carbons (Fsp3) is 0.167.